The van der Waals surface area contributed by atoms with E-state index in [-0.39, 0.29) is 12.5 Å². The minimum atomic E-state index is -0.825. The molecule has 1 saturated carbocycles. The molecule has 0 spiro atoms. The molecule has 132 valence electrons. The van der Waals surface area contributed by atoms with Gasteiger partial charge in [-0.1, -0.05) is 30.9 Å². The number of halogens is 1. The van der Waals surface area contributed by atoms with Crippen molar-refractivity contribution in [3.63, 3.8) is 0 Å². The Kier molecular flexibility index (Phi) is 5.50. The fourth-order valence-corrected chi connectivity index (χ4v) is 3.13. The van der Waals surface area contributed by atoms with Crippen molar-refractivity contribution in [2.24, 2.45) is 0 Å². The number of nitrogens with one attached hydrogen (secondary N) is 1. The lowest BCUT2D eigenvalue weighted by Crippen LogP contribution is -2.44. The normalized spacial score (nSPS) is 16.2. The molecule has 1 amide bonds. The number of aromatic nitrogens is 2. The van der Waals surface area contributed by atoms with E-state index in [9.17, 15) is 9.90 Å². The van der Waals surface area contributed by atoms with Crippen LogP contribution in [-0.4, -0.2) is 33.1 Å². The van der Waals surface area contributed by atoms with Gasteiger partial charge in [-0.15, -0.1) is 0 Å². The van der Waals surface area contributed by atoms with Gasteiger partial charge in [0, 0.05) is 18.9 Å². The number of hydrogen-bond acceptors (Lipinski definition) is 5. The molecular weight excluding hydrogens is 342 g/mol. The van der Waals surface area contributed by atoms with E-state index in [1.165, 1.54) is 12.4 Å². The van der Waals surface area contributed by atoms with Crippen molar-refractivity contribution in [1.29, 1.82) is 0 Å². The number of rotatable bonds is 5. The number of nitrogens with zero attached hydrogens (tertiary/aromatic N) is 2. The Morgan fingerprint density at radius 2 is 2.08 bits per heavy atom. The lowest BCUT2D eigenvalue weighted by Gasteiger charge is -2.32. The fraction of sp³-hybridized carbons (Fsp3) is 0.389. The molecule has 1 aliphatic rings. The highest BCUT2D eigenvalue weighted by Crippen LogP contribution is 2.28. The number of amides is 1. The highest BCUT2D eigenvalue weighted by molar-refractivity contribution is 6.33. The summed E-state index contributed by atoms with van der Waals surface area (Å²) in [4.78, 5) is 20.4. The molecule has 1 aromatic carbocycles. The third-order valence-electron chi connectivity index (χ3n) is 4.31. The average molecular weight is 362 g/mol. The van der Waals surface area contributed by atoms with Crippen LogP contribution < -0.4 is 10.1 Å². The van der Waals surface area contributed by atoms with Crippen molar-refractivity contribution in [3.8, 4) is 11.6 Å². The minimum Gasteiger partial charge on any atom is -0.437 e. The second-order valence-corrected chi connectivity index (χ2v) is 6.66. The van der Waals surface area contributed by atoms with E-state index in [4.69, 9.17) is 16.3 Å². The monoisotopic (exact) mass is 361 g/mol. The summed E-state index contributed by atoms with van der Waals surface area (Å²) >= 11 is 6.14. The van der Waals surface area contributed by atoms with E-state index in [1.807, 2.05) is 0 Å². The zero-order valence-corrected chi connectivity index (χ0v) is 14.5. The van der Waals surface area contributed by atoms with Crippen molar-refractivity contribution in [2.45, 2.75) is 37.7 Å². The first-order valence-electron chi connectivity index (χ1n) is 8.30. The number of aliphatic hydroxyl groups is 1. The van der Waals surface area contributed by atoms with Crippen LogP contribution in [0.15, 0.2) is 36.8 Å². The smallest absolute Gasteiger partial charge is 0.253 e. The summed E-state index contributed by atoms with van der Waals surface area (Å²) in [6, 6.07) is 4.80. The summed E-state index contributed by atoms with van der Waals surface area (Å²) in [7, 11) is 0. The van der Waals surface area contributed by atoms with Crippen LogP contribution in [0.5, 0.6) is 11.6 Å². The van der Waals surface area contributed by atoms with Crippen LogP contribution in [0.2, 0.25) is 5.02 Å². The molecule has 1 aliphatic carbocycles. The predicted octanol–water partition coefficient (Wildman–Crippen LogP) is 3.35. The maximum Gasteiger partial charge on any atom is 0.253 e. The summed E-state index contributed by atoms with van der Waals surface area (Å²) in [5, 5.41) is 13.6. The van der Waals surface area contributed by atoms with E-state index in [0.717, 1.165) is 19.3 Å². The molecule has 0 unspecified atom stereocenters. The summed E-state index contributed by atoms with van der Waals surface area (Å²) in [6.07, 6.45) is 9.04. The minimum absolute atomic E-state index is 0.220. The first-order valence-corrected chi connectivity index (χ1v) is 8.68. The van der Waals surface area contributed by atoms with Crippen LogP contribution in [0.4, 0.5) is 0 Å². The molecule has 2 N–H and O–H groups in total. The van der Waals surface area contributed by atoms with Crippen LogP contribution in [0.1, 0.15) is 42.5 Å². The Morgan fingerprint density at radius 3 is 2.80 bits per heavy atom. The summed E-state index contributed by atoms with van der Waals surface area (Å²) in [6.45, 7) is 0.220. The van der Waals surface area contributed by atoms with Gasteiger partial charge in [-0.25, -0.2) is 4.98 Å². The molecule has 0 saturated heterocycles. The molecule has 1 fully saturated rings. The first-order chi connectivity index (χ1) is 12.1. The lowest BCUT2D eigenvalue weighted by molar-refractivity contribution is 0.00526. The van der Waals surface area contributed by atoms with Gasteiger partial charge in [-0.05, 0) is 31.0 Å². The molecule has 0 atom stereocenters. The molecule has 1 aromatic heterocycles. The van der Waals surface area contributed by atoms with Gasteiger partial charge in [0.05, 0.1) is 22.4 Å². The molecule has 0 radical (unpaired) electrons. The van der Waals surface area contributed by atoms with Crippen molar-refractivity contribution >= 4 is 17.5 Å². The first kappa shape index (κ1) is 17.6. The van der Waals surface area contributed by atoms with Gasteiger partial charge in [0.25, 0.3) is 5.91 Å². The number of hydrogen-bond donors (Lipinski definition) is 2. The zero-order valence-electron chi connectivity index (χ0n) is 13.7. The van der Waals surface area contributed by atoms with Gasteiger partial charge in [-0.3, -0.25) is 9.78 Å². The Labute approximate surface area is 151 Å². The van der Waals surface area contributed by atoms with Crippen LogP contribution in [0.25, 0.3) is 0 Å². The van der Waals surface area contributed by atoms with E-state index in [0.29, 0.717) is 35.1 Å². The maximum atomic E-state index is 12.5. The lowest BCUT2D eigenvalue weighted by atomic mass is 9.85. The zero-order chi connectivity index (χ0) is 17.7. The van der Waals surface area contributed by atoms with E-state index < -0.39 is 5.60 Å². The van der Waals surface area contributed by atoms with Crippen LogP contribution >= 0.6 is 11.6 Å². The molecule has 25 heavy (non-hydrogen) atoms. The van der Waals surface area contributed by atoms with E-state index in [2.05, 4.69) is 15.3 Å². The summed E-state index contributed by atoms with van der Waals surface area (Å²) in [5.41, 5.74) is -0.531. The predicted molar refractivity (Wildman–Crippen MR) is 93.9 cm³/mol. The van der Waals surface area contributed by atoms with Gasteiger partial charge >= 0.3 is 0 Å². The van der Waals surface area contributed by atoms with Crippen molar-refractivity contribution in [3.05, 3.63) is 47.4 Å². The SMILES string of the molecule is O=C(NCC1(O)CCCCC1)c1cc(Oc2cnccn2)ccc1Cl. The van der Waals surface area contributed by atoms with E-state index >= 15 is 0 Å². The molecule has 3 rings (SSSR count). The topological polar surface area (TPSA) is 84.3 Å². The number of carbonyl (C=O) groups is 1. The number of benzene rings is 1. The van der Waals surface area contributed by atoms with Crippen LogP contribution in [-0.2, 0) is 0 Å². The van der Waals surface area contributed by atoms with Gasteiger partial charge < -0.3 is 15.2 Å². The van der Waals surface area contributed by atoms with Crippen molar-refractivity contribution in [1.82, 2.24) is 15.3 Å². The molecule has 1 heterocycles. The largest absolute Gasteiger partial charge is 0.437 e. The molecule has 0 bridgehead atoms. The molecule has 7 heteroatoms. The summed E-state index contributed by atoms with van der Waals surface area (Å²) in [5.74, 6) is 0.424. The van der Waals surface area contributed by atoms with Gasteiger partial charge in [0.2, 0.25) is 5.88 Å². The Bertz CT molecular complexity index is 734. The van der Waals surface area contributed by atoms with Crippen molar-refractivity contribution < 1.29 is 14.6 Å². The number of carbonyl (C=O) groups excluding carboxylic acids is 1. The Hall–Kier alpha value is -2.18. The van der Waals surface area contributed by atoms with Gasteiger partial charge in [0.15, 0.2) is 0 Å². The Morgan fingerprint density at radius 1 is 1.28 bits per heavy atom. The third-order valence-corrected chi connectivity index (χ3v) is 4.64. The van der Waals surface area contributed by atoms with Crippen molar-refractivity contribution in [2.75, 3.05) is 6.54 Å². The maximum absolute atomic E-state index is 12.5. The van der Waals surface area contributed by atoms with Crippen LogP contribution in [0.3, 0.4) is 0 Å². The fourth-order valence-electron chi connectivity index (χ4n) is 2.93. The standard InChI is InChI=1S/C18H20ClN3O3/c19-15-5-4-13(25-16-11-20-8-9-21-16)10-14(15)17(23)22-12-18(24)6-2-1-3-7-18/h4-5,8-11,24H,1-3,6-7,12H2,(H,22,23). The van der Waals surface area contributed by atoms with Gasteiger partial charge in [0.1, 0.15) is 5.75 Å². The number of ether oxygens (including phenoxy) is 1. The summed E-state index contributed by atoms with van der Waals surface area (Å²) < 4.78 is 5.58. The highest BCUT2D eigenvalue weighted by Gasteiger charge is 2.29. The highest BCUT2D eigenvalue weighted by atomic mass is 35.5. The second kappa shape index (κ2) is 7.80. The average Bonchev–Trinajstić information content (AvgIpc) is 2.63. The quantitative estimate of drug-likeness (QED) is 0.853. The van der Waals surface area contributed by atoms with E-state index in [1.54, 1.807) is 24.4 Å². The molecular formula is C18H20ClN3O3. The molecule has 0 aliphatic heterocycles. The molecule has 6 nitrogen and oxygen atoms in total. The Balaban J connectivity index is 1.68. The molecule has 2 aromatic rings. The third kappa shape index (κ3) is 4.67. The second-order valence-electron chi connectivity index (χ2n) is 6.26. The van der Waals surface area contributed by atoms with Gasteiger partial charge in [-0.2, -0.15) is 0 Å². The van der Waals surface area contributed by atoms with Crippen LogP contribution in [0, 0.1) is 0 Å².